The maximum Gasteiger partial charge on any atom is 0.432 e. The van der Waals surface area contributed by atoms with Crippen LogP contribution in [0.1, 0.15) is 47.8 Å². The second-order valence-corrected chi connectivity index (χ2v) is 6.85. The summed E-state index contributed by atoms with van der Waals surface area (Å²) >= 11 is 0.938. The zero-order chi connectivity index (χ0) is 20.8. The first kappa shape index (κ1) is 23.2. The van der Waals surface area contributed by atoms with Gasteiger partial charge in [0, 0.05) is 18.4 Å². The molecule has 0 aliphatic carbocycles. The Balaban J connectivity index is 3.31. The molecule has 150 valence electrons. The molecule has 27 heavy (non-hydrogen) atoms. The summed E-state index contributed by atoms with van der Waals surface area (Å²) in [6, 6.07) is 3.75. The van der Waals surface area contributed by atoms with E-state index in [1.807, 2.05) is 32.9 Å². The SMILES string of the molecule is CCc1cc(CC)c(C(=O)C(=O)N(C)N=C(CSC)C(F)(F)F)c(CC)c1. The van der Waals surface area contributed by atoms with Gasteiger partial charge < -0.3 is 0 Å². The summed E-state index contributed by atoms with van der Waals surface area (Å²) in [6.07, 6.45) is -1.28. The topological polar surface area (TPSA) is 49.7 Å². The number of Topliss-reactive ketones (excluding diaryl/α,β-unsaturated/α-hetero) is 1. The third-order valence-electron chi connectivity index (χ3n) is 4.13. The molecule has 4 nitrogen and oxygen atoms in total. The van der Waals surface area contributed by atoms with Gasteiger partial charge in [-0.3, -0.25) is 9.59 Å². The second kappa shape index (κ2) is 9.92. The minimum atomic E-state index is -4.66. The molecule has 0 heterocycles. The first-order valence-electron chi connectivity index (χ1n) is 8.71. The molecule has 0 aromatic heterocycles. The van der Waals surface area contributed by atoms with Crippen molar-refractivity contribution in [3.63, 3.8) is 0 Å². The number of carbonyl (C=O) groups is 2. The minimum Gasteiger partial charge on any atom is -0.283 e. The Bertz CT molecular complexity index is 705. The average molecular weight is 402 g/mol. The highest BCUT2D eigenvalue weighted by molar-refractivity contribution is 7.99. The van der Waals surface area contributed by atoms with Crippen LogP contribution in [0.5, 0.6) is 0 Å². The number of amides is 1. The quantitative estimate of drug-likeness (QED) is 0.282. The molecule has 0 saturated carbocycles. The Morgan fingerprint density at radius 1 is 1.07 bits per heavy atom. The summed E-state index contributed by atoms with van der Waals surface area (Å²) in [5, 5.41) is 3.86. The molecule has 0 saturated heterocycles. The lowest BCUT2D eigenvalue weighted by Crippen LogP contribution is -2.35. The van der Waals surface area contributed by atoms with Gasteiger partial charge in [0.05, 0.1) is 0 Å². The van der Waals surface area contributed by atoms with E-state index in [1.165, 1.54) is 6.26 Å². The van der Waals surface area contributed by atoms with E-state index in [-0.39, 0.29) is 5.56 Å². The number of carbonyl (C=O) groups excluding carboxylic acids is 2. The number of likely N-dealkylation sites (N-methyl/N-ethyl adjacent to an activating group) is 1. The van der Waals surface area contributed by atoms with Crippen LogP contribution in [0.25, 0.3) is 0 Å². The van der Waals surface area contributed by atoms with Gasteiger partial charge in [-0.1, -0.05) is 32.9 Å². The molecule has 0 atom stereocenters. The van der Waals surface area contributed by atoms with Crippen molar-refractivity contribution in [1.29, 1.82) is 0 Å². The standard InChI is InChI=1S/C19H25F3N2O2S/c1-6-12-9-13(7-2)16(14(8-3)10-12)17(25)18(26)24(4)23-15(11-27-5)19(20,21)22/h9-10H,6-8,11H2,1-5H3. The number of halogens is 3. The fourth-order valence-corrected chi connectivity index (χ4v) is 3.17. The number of hydrogen-bond acceptors (Lipinski definition) is 4. The molecule has 1 amide bonds. The fraction of sp³-hybridized carbons (Fsp3) is 0.526. The van der Waals surface area contributed by atoms with Gasteiger partial charge in [0.1, 0.15) is 0 Å². The Morgan fingerprint density at radius 2 is 1.59 bits per heavy atom. The number of rotatable bonds is 8. The lowest BCUT2D eigenvalue weighted by molar-refractivity contribution is -0.125. The molecule has 0 spiro atoms. The zero-order valence-corrected chi connectivity index (χ0v) is 17.1. The van der Waals surface area contributed by atoms with Gasteiger partial charge in [0.15, 0.2) is 5.71 Å². The number of nitrogens with zero attached hydrogens (tertiary/aromatic N) is 2. The van der Waals surface area contributed by atoms with Crippen molar-refractivity contribution in [3.05, 3.63) is 34.4 Å². The molecule has 0 fully saturated rings. The van der Waals surface area contributed by atoms with Crippen molar-refractivity contribution >= 4 is 29.2 Å². The normalized spacial score (nSPS) is 12.2. The molecule has 0 aliphatic heterocycles. The Hall–Kier alpha value is -1.83. The first-order valence-corrected chi connectivity index (χ1v) is 10.1. The highest BCUT2D eigenvalue weighted by Gasteiger charge is 2.36. The summed E-state index contributed by atoms with van der Waals surface area (Å²) in [5.41, 5.74) is 1.68. The van der Waals surface area contributed by atoms with E-state index in [1.54, 1.807) is 0 Å². The predicted molar refractivity (Wildman–Crippen MR) is 104 cm³/mol. The minimum absolute atomic E-state index is 0.280. The molecule has 1 rings (SSSR count). The summed E-state index contributed by atoms with van der Waals surface area (Å²) in [4.78, 5) is 25.3. The van der Waals surface area contributed by atoms with E-state index in [9.17, 15) is 22.8 Å². The van der Waals surface area contributed by atoms with Crippen molar-refractivity contribution in [2.75, 3.05) is 19.1 Å². The highest BCUT2D eigenvalue weighted by atomic mass is 32.2. The van der Waals surface area contributed by atoms with Gasteiger partial charge in [0.25, 0.3) is 5.78 Å². The summed E-state index contributed by atoms with van der Waals surface area (Å²) in [7, 11) is 1.07. The van der Waals surface area contributed by atoms with Crippen molar-refractivity contribution in [1.82, 2.24) is 5.01 Å². The maximum atomic E-state index is 13.0. The molecule has 0 aliphatic rings. The number of alkyl halides is 3. The third kappa shape index (κ3) is 5.82. The van der Waals surface area contributed by atoms with Gasteiger partial charge in [-0.15, -0.1) is 0 Å². The van der Waals surface area contributed by atoms with Crippen LogP contribution in [0.2, 0.25) is 0 Å². The average Bonchev–Trinajstić information content (AvgIpc) is 2.64. The molecule has 1 aromatic rings. The third-order valence-corrected chi connectivity index (χ3v) is 4.69. The second-order valence-electron chi connectivity index (χ2n) is 5.99. The van der Waals surface area contributed by atoms with E-state index >= 15 is 0 Å². The first-order chi connectivity index (χ1) is 12.6. The molecule has 8 heteroatoms. The molecule has 0 N–H and O–H groups in total. The molecule has 0 radical (unpaired) electrons. The van der Waals surface area contributed by atoms with Crippen LogP contribution in [0, 0.1) is 0 Å². The van der Waals surface area contributed by atoms with Crippen molar-refractivity contribution in [3.8, 4) is 0 Å². The van der Waals surface area contributed by atoms with E-state index in [2.05, 4.69) is 5.10 Å². The van der Waals surface area contributed by atoms with E-state index < -0.39 is 29.3 Å². The maximum absolute atomic E-state index is 13.0. The van der Waals surface area contributed by atoms with E-state index in [0.717, 1.165) is 41.9 Å². The van der Waals surface area contributed by atoms with Crippen LogP contribution in [0.4, 0.5) is 13.2 Å². The lowest BCUT2D eigenvalue weighted by Gasteiger charge is -2.18. The number of thioether (sulfide) groups is 1. The largest absolute Gasteiger partial charge is 0.432 e. The molecular formula is C19H25F3N2O2S. The summed E-state index contributed by atoms with van der Waals surface area (Å²) in [5.74, 6) is -2.31. The molecule has 0 bridgehead atoms. The van der Waals surface area contributed by atoms with Crippen LogP contribution in [-0.4, -0.2) is 47.6 Å². The number of hydrogen-bond donors (Lipinski definition) is 0. The summed E-state index contributed by atoms with van der Waals surface area (Å²) < 4.78 is 39.0. The summed E-state index contributed by atoms with van der Waals surface area (Å²) in [6.45, 7) is 5.74. The Kier molecular flexibility index (Phi) is 8.53. The Morgan fingerprint density at radius 3 is 1.96 bits per heavy atom. The van der Waals surface area contributed by atoms with Crippen LogP contribution < -0.4 is 0 Å². The number of benzene rings is 1. The molecule has 0 unspecified atom stereocenters. The van der Waals surface area contributed by atoms with Gasteiger partial charge in [-0.25, -0.2) is 5.01 Å². The van der Waals surface area contributed by atoms with E-state index in [0.29, 0.717) is 17.9 Å². The van der Waals surface area contributed by atoms with E-state index in [4.69, 9.17) is 0 Å². The van der Waals surface area contributed by atoms with Gasteiger partial charge in [-0.05, 0) is 42.2 Å². The van der Waals surface area contributed by atoms with Crippen molar-refractivity contribution < 1.29 is 22.8 Å². The van der Waals surface area contributed by atoms with Crippen molar-refractivity contribution in [2.45, 2.75) is 46.2 Å². The zero-order valence-electron chi connectivity index (χ0n) is 16.2. The van der Waals surface area contributed by atoms with Crippen molar-refractivity contribution in [2.24, 2.45) is 5.10 Å². The lowest BCUT2D eigenvalue weighted by atomic mass is 9.91. The molecule has 1 aromatic carbocycles. The smallest absolute Gasteiger partial charge is 0.283 e. The fourth-order valence-electron chi connectivity index (χ4n) is 2.68. The number of hydrazone groups is 1. The Labute approximate surface area is 162 Å². The van der Waals surface area contributed by atoms with Crippen LogP contribution in [0.15, 0.2) is 17.2 Å². The monoisotopic (exact) mass is 402 g/mol. The molecular weight excluding hydrogens is 377 g/mol. The number of ketones is 1. The predicted octanol–water partition coefficient (Wildman–Crippen LogP) is 4.30. The van der Waals surface area contributed by atoms with Gasteiger partial charge >= 0.3 is 12.1 Å². The van der Waals surface area contributed by atoms with Crippen LogP contribution in [-0.2, 0) is 24.1 Å². The van der Waals surface area contributed by atoms with Gasteiger partial charge in [-0.2, -0.15) is 30.0 Å². The van der Waals surface area contributed by atoms with Crippen LogP contribution in [0.3, 0.4) is 0 Å². The van der Waals surface area contributed by atoms with Gasteiger partial charge in [0.2, 0.25) is 0 Å². The van der Waals surface area contributed by atoms with Crippen LogP contribution >= 0.6 is 11.8 Å². The highest BCUT2D eigenvalue weighted by Crippen LogP contribution is 2.23. The number of aryl methyl sites for hydroxylation is 3.